The molecule has 0 bridgehead atoms. The number of benzene rings is 1. The Morgan fingerprint density at radius 2 is 1.94 bits per heavy atom. The molecule has 2 nitrogen and oxygen atoms in total. The predicted molar refractivity (Wildman–Crippen MR) is 76.7 cm³/mol. The fourth-order valence-electron chi connectivity index (χ4n) is 1.98. The molecule has 18 heavy (non-hydrogen) atoms. The van der Waals surface area contributed by atoms with Gasteiger partial charge in [-0.15, -0.1) is 0 Å². The Balaban J connectivity index is 2.03. The maximum atomic E-state index is 4.31. The Bertz CT molecular complexity index is 489. The highest BCUT2D eigenvalue weighted by Gasteiger charge is 2.00. The summed E-state index contributed by atoms with van der Waals surface area (Å²) < 4.78 is 0. The van der Waals surface area contributed by atoms with Gasteiger partial charge in [-0.3, -0.25) is 4.98 Å². The van der Waals surface area contributed by atoms with Crippen molar-refractivity contribution in [3.63, 3.8) is 0 Å². The van der Waals surface area contributed by atoms with Crippen LogP contribution in [0.3, 0.4) is 0 Å². The Kier molecular flexibility index (Phi) is 4.35. The number of hydrogen-bond donors (Lipinski definition) is 1. The second kappa shape index (κ2) is 6.20. The number of anilines is 1. The minimum absolute atomic E-state index is 0.827. The highest BCUT2D eigenvalue weighted by atomic mass is 14.9. The van der Waals surface area contributed by atoms with E-state index in [0.29, 0.717) is 0 Å². The number of hydrogen-bond acceptors (Lipinski definition) is 2. The summed E-state index contributed by atoms with van der Waals surface area (Å²) >= 11 is 0. The zero-order valence-corrected chi connectivity index (χ0v) is 11.1. The third-order valence-electron chi connectivity index (χ3n) is 2.99. The molecule has 0 aliphatic carbocycles. The van der Waals surface area contributed by atoms with Gasteiger partial charge in [0.25, 0.3) is 0 Å². The minimum atomic E-state index is 0.827. The number of para-hydroxylation sites is 1. The lowest BCUT2D eigenvalue weighted by Gasteiger charge is -2.11. The molecule has 2 rings (SSSR count). The molecular formula is C16H20N2. The highest BCUT2D eigenvalue weighted by Crippen LogP contribution is 2.17. The lowest BCUT2D eigenvalue weighted by Crippen LogP contribution is -2.02. The smallest absolute Gasteiger partial charge is 0.0416 e. The topological polar surface area (TPSA) is 24.9 Å². The van der Waals surface area contributed by atoms with Gasteiger partial charge in [-0.05, 0) is 36.6 Å². The van der Waals surface area contributed by atoms with Crippen LogP contribution >= 0.6 is 0 Å². The van der Waals surface area contributed by atoms with Crippen molar-refractivity contribution in [1.29, 1.82) is 0 Å². The second-order valence-electron chi connectivity index (χ2n) is 4.57. The normalized spacial score (nSPS) is 10.3. The van der Waals surface area contributed by atoms with Gasteiger partial charge in [-0.2, -0.15) is 0 Å². The van der Waals surface area contributed by atoms with Crippen molar-refractivity contribution >= 4 is 5.69 Å². The van der Waals surface area contributed by atoms with Gasteiger partial charge in [0.2, 0.25) is 0 Å². The number of pyridine rings is 1. The molecule has 0 fully saturated rings. The van der Waals surface area contributed by atoms with Gasteiger partial charge in [0.15, 0.2) is 0 Å². The first kappa shape index (κ1) is 12.6. The van der Waals surface area contributed by atoms with Gasteiger partial charge < -0.3 is 5.32 Å². The van der Waals surface area contributed by atoms with Crippen LogP contribution in [-0.2, 0) is 13.0 Å². The summed E-state index contributed by atoms with van der Waals surface area (Å²) in [6.45, 7) is 5.04. The van der Waals surface area contributed by atoms with Gasteiger partial charge >= 0.3 is 0 Å². The SMILES string of the molecule is CCCc1ccccc1NCc1ccc(C)nc1. The fraction of sp³-hybridized carbons (Fsp3) is 0.312. The van der Waals surface area contributed by atoms with E-state index in [1.54, 1.807) is 0 Å². The highest BCUT2D eigenvalue weighted by molar-refractivity contribution is 5.51. The maximum absolute atomic E-state index is 4.31. The van der Waals surface area contributed by atoms with Crippen molar-refractivity contribution in [2.24, 2.45) is 0 Å². The van der Waals surface area contributed by atoms with Crippen molar-refractivity contribution in [3.8, 4) is 0 Å². The van der Waals surface area contributed by atoms with Crippen LogP contribution in [0.1, 0.15) is 30.2 Å². The number of aryl methyl sites for hydroxylation is 2. The van der Waals surface area contributed by atoms with Gasteiger partial charge in [0.05, 0.1) is 0 Å². The molecule has 0 saturated heterocycles. The third kappa shape index (κ3) is 3.33. The molecule has 94 valence electrons. The van der Waals surface area contributed by atoms with Crippen LogP contribution in [0.5, 0.6) is 0 Å². The molecule has 1 heterocycles. The first-order valence-corrected chi connectivity index (χ1v) is 6.53. The van der Waals surface area contributed by atoms with Crippen molar-refractivity contribution in [2.75, 3.05) is 5.32 Å². The van der Waals surface area contributed by atoms with E-state index in [-0.39, 0.29) is 0 Å². The minimum Gasteiger partial charge on any atom is -0.381 e. The molecule has 1 N–H and O–H groups in total. The Labute approximate surface area is 109 Å². The molecule has 0 atom stereocenters. The lowest BCUT2D eigenvalue weighted by molar-refractivity contribution is 0.919. The average molecular weight is 240 g/mol. The zero-order valence-electron chi connectivity index (χ0n) is 11.1. The van der Waals surface area contributed by atoms with E-state index in [2.05, 4.69) is 53.6 Å². The molecular weight excluding hydrogens is 220 g/mol. The van der Waals surface area contributed by atoms with E-state index >= 15 is 0 Å². The number of rotatable bonds is 5. The summed E-state index contributed by atoms with van der Waals surface area (Å²) in [6, 6.07) is 12.7. The largest absolute Gasteiger partial charge is 0.381 e. The fourth-order valence-corrected chi connectivity index (χ4v) is 1.98. The van der Waals surface area contributed by atoms with E-state index in [4.69, 9.17) is 0 Å². The molecule has 2 aromatic rings. The van der Waals surface area contributed by atoms with Gasteiger partial charge in [0, 0.05) is 24.1 Å². The average Bonchev–Trinajstić information content (AvgIpc) is 2.40. The molecule has 0 saturated carbocycles. The summed E-state index contributed by atoms with van der Waals surface area (Å²) in [5, 5.41) is 3.49. The molecule has 1 aromatic carbocycles. The van der Waals surface area contributed by atoms with E-state index in [1.807, 2.05) is 13.1 Å². The summed E-state index contributed by atoms with van der Waals surface area (Å²) in [4.78, 5) is 4.31. The molecule has 1 aromatic heterocycles. The molecule has 0 unspecified atom stereocenters. The summed E-state index contributed by atoms with van der Waals surface area (Å²) in [6.07, 6.45) is 4.23. The van der Waals surface area contributed by atoms with Gasteiger partial charge in [0.1, 0.15) is 0 Å². The van der Waals surface area contributed by atoms with Gasteiger partial charge in [-0.25, -0.2) is 0 Å². The third-order valence-corrected chi connectivity index (χ3v) is 2.99. The number of nitrogens with one attached hydrogen (secondary N) is 1. The zero-order chi connectivity index (χ0) is 12.8. The van der Waals surface area contributed by atoms with E-state index in [1.165, 1.54) is 23.2 Å². The predicted octanol–water partition coefficient (Wildman–Crippen LogP) is 3.95. The number of aromatic nitrogens is 1. The van der Waals surface area contributed by atoms with Crippen LogP contribution in [0.25, 0.3) is 0 Å². The van der Waals surface area contributed by atoms with Crippen LogP contribution in [0.4, 0.5) is 5.69 Å². The van der Waals surface area contributed by atoms with E-state index in [0.717, 1.165) is 18.7 Å². The summed E-state index contributed by atoms with van der Waals surface area (Å²) in [7, 11) is 0. The van der Waals surface area contributed by atoms with Crippen LogP contribution in [0.2, 0.25) is 0 Å². The van der Waals surface area contributed by atoms with E-state index in [9.17, 15) is 0 Å². The molecule has 0 aliphatic rings. The molecule has 2 heteroatoms. The monoisotopic (exact) mass is 240 g/mol. The van der Waals surface area contributed by atoms with Crippen molar-refractivity contribution < 1.29 is 0 Å². The lowest BCUT2D eigenvalue weighted by atomic mass is 10.1. The Hall–Kier alpha value is -1.83. The molecule has 0 radical (unpaired) electrons. The van der Waals surface area contributed by atoms with Crippen molar-refractivity contribution in [2.45, 2.75) is 33.2 Å². The van der Waals surface area contributed by atoms with Crippen molar-refractivity contribution in [3.05, 3.63) is 59.4 Å². The Morgan fingerprint density at radius 3 is 2.67 bits per heavy atom. The first-order valence-electron chi connectivity index (χ1n) is 6.53. The molecule has 0 spiro atoms. The quantitative estimate of drug-likeness (QED) is 0.855. The molecule has 0 aliphatic heterocycles. The molecule has 0 amide bonds. The van der Waals surface area contributed by atoms with Crippen LogP contribution in [0.15, 0.2) is 42.6 Å². The van der Waals surface area contributed by atoms with Crippen LogP contribution in [0, 0.1) is 6.92 Å². The Morgan fingerprint density at radius 1 is 1.11 bits per heavy atom. The van der Waals surface area contributed by atoms with Gasteiger partial charge in [-0.1, -0.05) is 37.6 Å². The summed E-state index contributed by atoms with van der Waals surface area (Å²) in [5.74, 6) is 0. The maximum Gasteiger partial charge on any atom is 0.0416 e. The summed E-state index contributed by atoms with van der Waals surface area (Å²) in [5.41, 5.74) is 4.90. The number of nitrogens with zero attached hydrogens (tertiary/aromatic N) is 1. The van der Waals surface area contributed by atoms with Crippen LogP contribution < -0.4 is 5.32 Å². The first-order chi connectivity index (χ1) is 8.79. The van der Waals surface area contributed by atoms with Crippen molar-refractivity contribution in [1.82, 2.24) is 4.98 Å². The van der Waals surface area contributed by atoms with E-state index < -0.39 is 0 Å². The van der Waals surface area contributed by atoms with Crippen LogP contribution in [-0.4, -0.2) is 4.98 Å². The second-order valence-corrected chi connectivity index (χ2v) is 4.57. The standard InChI is InChI=1S/C16H20N2/c1-3-6-15-7-4-5-8-16(15)18-12-14-10-9-13(2)17-11-14/h4-5,7-11,18H,3,6,12H2,1-2H3.